The molecular weight excluding hydrogens is 306 g/mol. The first-order chi connectivity index (χ1) is 10.8. The van der Waals surface area contributed by atoms with Gasteiger partial charge in [0.05, 0.1) is 17.8 Å². The summed E-state index contributed by atoms with van der Waals surface area (Å²) in [6.07, 6.45) is -3.18. The van der Waals surface area contributed by atoms with Gasteiger partial charge in [-0.15, -0.1) is 0 Å². The van der Waals surface area contributed by atoms with Crippen molar-refractivity contribution in [1.29, 1.82) is 5.41 Å². The van der Waals surface area contributed by atoms with E-state index in [1.807, 2.05) is 0 Å². The summed E-state index contributed by atoms with van der Waals surface area (Å²) in [5.74, 6) is -0.340. The largest absolute Gasteiger partial charge is 0.391 e. The number of amidine groups is 1. The molecule has 1 aliphatic rings. The summed E-state index contributed by atoms with van der Waals surface area (Å²) in [5.41, 5.74) is 5.30. The van der Waals surface area contributed by atoms with Crippen LogP contribution in [0.15, 0.2) is 17.3 Å². The van der Waals surface area contributed by atoms with Crippen LogP contribution in [0.4, 0.5) is 0 Å². The molecule has 124 valence electrons. The Bertz CT molecular complexity index is 813. The lowest BCUT2D eigenvalue weighted by Crippen LogP contribution is -2.37. The molecule has 2 aromatic heterocycles. The Morgan fingerprint density at radius 2 is 2.22 bits per heavy atom. The van der Waals surface area contributed by atoms with Crippen molar-refractivity contribution in [2.45, 2.75) is 37.6 Å². The summed E-state index contributed by atoms with van der Waals surface area (Å²) < 4.78 is 6.85. The van der Waals surface area contributed by atoms with E-state index in [4.69, 9.17) is 15.9 Å². The van der Waals surface area contributed by atoms with E-state index in [2.05, 4.69) is 9.97 Å². The van der Waals surface area contributed by atoms with E-state index in [0.717, 1.165) is 0 Å². The van der Waals surface area contributed by atoms with Crippen LogP contribution in [0, 0.1) is 5.41 Å². The number of nitrogens with zero attached hydrogens (tertiary/aromatic N) is 2. The second-order valence-corrected chi connectivity index (χ2v) is 5.51. The van der Waals surface area contributed by atoms with Crippen LogP contribution in [0.25, 0.3) is 11.0 Å². The fourth-order valence-electron chi connectivity index (χ4n) is 2.81. The lowest BCUT2D eigenvalue weighted by molar-refractivity contribution is -0.0776. The summed E-state index contributed by atoms with van der Waals surface area (Å²) in [6, 6.07) is 0. The molecule has 0 aliphatic carbocycles. The van der Waals surface area contributed by atoms with E-state index >= 15 is 0 Å². The number of H-pyrrole nitrogens is 1. The van der Waals surface area contributed by atoms with Crippen molar-refractivity contribution in [3.63, 3.8) is 0 Å². The monoisotopic (exact) mass is 323 g/mol. The number of nitrogens with two attached hydrogens (primary N) is 1. The zero-order chi connectivity index (χ0) is 16.9. The average molecular weight is 323 g/mol. The highest BCUT2D eigenvalue weighted by molar-refractivity contribution is 6.06. The number of nitrogens with one attached hydrogen (secondary N) is 2. The van der Waals surface area contributed by atoms with Gasteiger partial charge in [0.2, 0.25) is 0 Å². The van der Waals surface area contributed by atoms with Gasteiger partial charge in [-0.2, -0.15) is 0 Å². The van der Waals surface area contributed by atoms with Gasteiger partial charge >= 0.3 is 0 Å². The molecule has 0 radical (unpaired) electrons. The van der Waals surface area contributed by atoms with Crippen LogP contribution in [0.1, 0.15) is 18.7 Å². The molecule has 1 unspecified atom stereocenters. The van der Waals surface area contributed by atoms with Gasteiger partial charge in [0, 0.05) is 11.8 Å². The van der Waals surface area contributed by atoms with Crippen LogP contribution in [-0.4, -0.2) is 60.1 Å². The molecular formula is C13H17N5O5. The van der Waals surface area contributed by atoms with Gasteiger partial charge < -0.3 is 35.3 Å². The highest BCUT2D eigenvalue weighted by Crippen LogP contribution is 2.33. The predicted octanol–water partition coefficient (Wildman–Crippen LogP) is -1.99. The highest BCUT2D eigenvalue weighted by Gasteiger charge is 2.46. The number of hydrogen-bond donors (Lipinski definition) is 6. The van der Waals surface area contributed by atoms with Gasteiger partial charge in [0.25, 0.3) is 5.56 Å². The quantitative estimate of drug-likeness (QED) is 0.280. The molecule has 2 aromatic rings. The number of aromatic nitrogens is 3. The average Bonchev–Trinajstić information content (AvgIpc) is 3.00. The van der Waals surface area contributed by atoms with Gasteiger partial charge in [-0.05, 0) is 6.92 Å². The summed E-state index contributed by atoms with van der Waals surface area (Å²) >= 11 is 0. The molecule has 10 heteroatoms. The molecule has 1 aliphatic heterocycles. The van der Waals surface area contributed by atoms with Gasteiger partial charge in [0.1, 0.15) is 29.8 Å². The predicted molar refractivity (Wildman–Crippen MR) is 79.0 cm³/mol. The third-order valence-electron chi connectivity index (χ3n) is 3.93. The number of nitrogen functional groups attached to an aromatic ring is 1. The summed E-state index contributed by atoms with van der Waals surface area (Å²) in [4.78, 5) is 18.4. The maximum absolute atomic E-state index is 12.0. The van der Waals surface area contributed by atoms with E-state index in [9.17, 15) is 20.1 Å². The van der Waals surface area contributed by atoms with Crippen molar-refractivity contribution < 1.29 is 20.1 Å². The third-order valence-corrected chi connectivity index (χ3v) is 3.93. The second kappa shape index (κ2) is 5.42. The van der Waals surface area contributed by atoms with Gasteiger partial charge in [0.15, 0.2) is 6.23 Å². The molecule has 0 saturated carbocycles. The summed E-state index contributed by atoms with van der Waals surface area (Å²) in [5, 5.41) is 37.5. The number of aromatic amines is 1. The van der Waals surface area contributed by atoms with E-state index in [0.29, 0.717) is 0 Å². The molecule has 0 aromatic carbocycles. The molecule has 1 fully saturated rings. The molecule has 0 spiro atoms. The number of rotatable bonds is 3. The topological polar surface area (TPSA) is 170 Å². The van der Waals surface area contributed by atoms with Crippen LogP contribution in [0.3, 0.4) is 0 Å². The van der Waals surface area contributed by atoms with E-state index in [-0.39, 0.29) is 22.4 Å². The Morgan fingerprint density at radius 1 is 1.52 bits per heavy atom. The fourth-order valence-corrected chi connectivity index (χ4v) is 2.81. The number of aliphatic hydroxyl groups is 3. The third kappa shape index (κ3) is 2.32. The van der Waals surface area contributed by atoms with E-state index < -0.39 is 36.2 Å². The van der Waals surface area contributed by atoms with E-state index in [1.54, 1.807) is 0 Å². The van der Waals surface area contributed by atoms with Crippen LogP contribution >= 0.6 is 0 Å². The number of aliphatic hydroxyl groups excluding tert-OH is 3. The minimum atomic E-state index is -1.34. The van der Waals surface area contributed by atoms with Gasteiger partial charge in [-0.3, -0.25) is 10.2 Å². The molecule has 5 atom stereocenters. The summed E-state index contributed by atoms with van der Waals surface area (Å²) in [6.45, 7) is 1.43. The maximum atomic E-state index is 12.0. The van der Waals surface area contributed by atoms with Crippen LogP contribution in [-0.2, 0) is 4.74 Å². The maximum Gasteiger partial charge on any atom is 0.260 e. The lowest BCUT2D eigenvalue weighted by Gasteiger charge is -2.17. The Morgan fingerprint density at radius 3 is 2.78 bits per heavy atom. The second-order valence-electron chi connectivity index (χ2n) is 5.51. The Labute approximate surface area is 129 Å². The van der Waals surface area contributed by atoms with Crippen molar-refractivity contribution in [2.24, 2.45) is 5.73 Å². The SMILES string of the molecule is C[C@@H](O)[C@H]1OC(n2cc(C(=N)N)c3c(=O)[nH]cnc32)[C@H](O)[C@@H]1O. The highest BCUT2D eigenvalue weighted by atomic mass is 16.6. The Hall–Kier alpha value is -2.27. The molecule has 3 rings (SSSR count). The summed E-state index contributed by atoms with van der Waals surface area (Å²) in [7, 11) is 0. The molecule has 3 heterocycles. The number of ether oxygens (including phenoxy) is 1. The van der Waals surface area contributed by atoms with Crippen LogP contribution in [0.2, 0.25) is 0 Å². The Kier molecular flexibility index (Phi) is 3.68. The molecule has 0 amide bonds. The minimum Gasteiger partial charge on any atom is -0.391 e. The first-order valence-electron chi connectivity index (χ1n) is 6.95. The van der Waals surface area contributed by atoms with Gasteiger partial charge in [-0.25, -0.2) is 4.98 Å². The van der Waals surface area contributed by atoms with Crippen LogP contribution < -0.4 is 11.3 Å². The van der Waals surface area contributed by atoms with Crippen molar-refractivity contribution in [2.75, 3.05) is 0 Å². The zero-order valence-electron chi connectivity index (χ0n) is 12.2. The normalized spacial score (nSPS) is 29.0. The molecule has 7 N–H and O–H groups in total. The van der Waals surface area contributed by atoms with Crippen molar-refractivity contribution in [3.8, 4) is 0 Å². The first kappa shape index (κ1) is 15.6. The van der Waals surface area contributed by atoms with Crippen molar-refractivity contribution in [3.05, 3.63) is 28.4 Å². The van der Waals surface area contributed by atoms with Crippen LogP contribution in [0.5, 0.6) is 0 Å². The molecule has 23 heavy (non-hydrogen) atoms. The lowest BCUT2D eigenvalue weighted by atomic mass is 10.1. The zero-order valence-corrected chi connectivity index (χ0v) is 12.2. The standard InChI is InChI=1S/C13H17N5O5/c1-4(19)9-7(20)8(21)13(23-9)18-2-5(10(14)15)6-11(18)16-3-17-12(6)22/h2-4,7-9,13,19-21H,1H3,(H3,14,15)(H,16,17,22)/t4-,7+,8-,9-,13?/m1/s1. The number of hydrogen-bond acceptors (Lipinski definition) is 7. The Balaban J connectivity index is 2.16. The molecule has 1 saturated heterocycles. The first-order valence-corrected chi connectivity index (χ1v) is 6.95. The van der Waals surface area contributed by atoms with Gasteiger partial charge in [-0.1, -0.05) is 0 Å². The van der Waals surface area contributed by atoms with Crippen molar-refractivity contribution >= 4 is 16.9 Å². The molecule has 0 bridgehead atoms. The fraction of sp³-hybridized carbons (Fsp3) is 0.462. The van der Waals surface area contributed by atoms with E-state index in [1.165, 1.54) is 24.0 Å². The molecule has 10 nitrogen and oxygen atoms in total. The number of fused-ring (bicyclic) bond motifs is 1. The van der Waals surface area contributed by atoms with Crippen molar-refractivity contribution in [1.82, 2.24) is 14.5 Å². The smallest absolute Gasteiger partial charge is 0.260 e. The minimum absolute atomic E-state index is 0.0887.